The maximum atomic E-state index is 11.7. The lowest BCUT2D eigenvalue weighted by Gasteiger charge is -2.33. The lowest BCUT2D eigenvalue weighted by atomic mass is 9.93. The van der Waals surface area contributed by atoms with Crippen LogP contribution in [0.15, 0.2) is 0 Å². The molecule has 2 N–H and O–H groups in total. The summed E-state index contributed by atoms with van der Waals surface area (Å²) in [7, 11) is -4.22. The van der Waals surface area contributed by atoms with Crippen molar-refractivity contribution in [2.45, 2.75) is 64.5 Å². The fraction of sp³-hybridized carbons (Fsp3) is 0.917. The minimum atomic E-state index is -4.22. The van der Waals surface area contributed by atoms with E-state index in [4.69, 9.17) is 4.74 Å². The third-order valence-corrected chi connectivity index (χ3v) is 5.37. The summed E-state index contributed by atoms with van der Waals surface area (Å²) in [5, 5.41) is -1.07. The fourth-order valence-corrected chi connectivity index (χ4v) is 3.31. The van der Waals surface area contributed by atoms with Crippen LogP contribution in [0.5, 0.6) is 0 Å². The van der Waals surface area contributed by atoms with E-state index in [-0.39, 0.29) is 18.8 Å². The van der Waals surface area contributed by atoms with Gasteiger partial charge in [-0.2, -0.15) is 0 Å². The molecule has 0 spiro atoms. The minimum Gasteiger partial charge on any atom is -0.466 e. The Balaban J connectivity index is 4.75. The van der Waals surface area contributed by atoms with Crippen LogP contribution >= 0.6 is 7.60 Å². The number of rotatable bonds is 9. The summed E-state index contributed by atoms with van der Waals surface area (Å²) in [6.07, 6.45) is 2.70. The molecule has 108 valence electrons. The van der Waals surface area contributed by atoms with Gasteiger partial charge in [0, 0.05) is 6.42 Å². The summed E-state index contributed by atoms with van der Waals surface area (Å²) >= 11 is 0. The summed E-state index contributed by atoms with van der Waals surface area (Å²) in [5.41, 5.74) is 0. The highest BCUT2D eigenvalue weighted by Gasteiger charge is 2.44. The molecule has 0 fully saturated rings. The van der Waals surface area contributed by atoms with Crippen molar-refractivity contribution in [1.82, 2.24) is 0 Å². The molecule has 1 unspecified atom stereocenters. The highest BCUT2D eigenvalue weighted by molar-refractivity contribution is 7.53. The highest BCUT2D eigenvalue weighted by Crippen LogP contribution is 2.57. The molecule has 1 atom stereocenters. The molecule has 0 aromatic heterocycles. The largest absolute Gasteiger partial charge is 0.466 e. The second-order valence-electron chi connectivity index (χ2n) is 4.53. The van der Waals surface area contributed by atoms with Crippen LogP contribution in [-0.4, -0.2) is 27.5 Å². The molecule has 0 rings (SSSR count). The standard InChI is InChI=1S/C12H25O5P/c1-4-7-9-12(5-2,18(14,15)16)10-8-11(13)17-6-3/h4-10H2,1-3H3,(H2,14,15,16). The molecule has 18 heavy (non-hydrogen) atoms. The summed E-state index contributed by atoms with van der Waals surface area (Å²) in [6.45, 7) is 5.75. The van der Waals surface area contributed by atoms with Crippen LogP contribution in [0.3, 0.4) is 0 Å². The van der Waals surface area contributed by atoms with E-state index in [1.165, 1.54) is 0 Å². The Bertz CT molecular complexity index is 299. The molecule has 0 aromatic carbocycles. The third kappa shape index (κ3) is 5.09. The van der Waals surface area contributed by atoms with Crippen LogP contribution in [0.2, 0.25) is 0 Å². The molecule has 5 nitrogen and oxygen atoms in total. The molecule has 0 saturated heterocycles. The van der Waals surface area contributed by atoms with Crippen molar-refractivity contribution in [2.75, 3.05) is 6.61 Å². The predicted octanol–water partition coefficient (Wildman–Crippen LogP) is 2.85. The fourth-order valence-electron chi connectivity index (χ4n) is 2.05. The number of unbranched alkanes of at least 4 members (excludes halogenated alkanes) is 1. The van der Waals surface area contributed by atoms with Gasteiger partial charge in [-0.15, -0.1) is 0 Å². The van der Waals surface area contributed by atoms with E-state index in [1.807, 2.05) is 6.92 Å². The molecule has 6 heteroatoms. The van der Waals surface area contributed by atoms with Gasteiger partial charge in [0.15, 0.2) is 0 Å². The number of carbonyl (C=O) groups excluding carboxylic acids is 1. The summed E-state index contributed by atoms with van der Waals surface area (Å²) in [5.74, 6) is -0.389. The number of hydrogen-bond acceptors (Lipinski definition) is 3. The molecule has 0 bridgehead atoms. The van der Waals surface area contributed by atoms with Crippen molar-refractivity contribution in [3.05, 3.63) is 0 Å². The van der Waals surface area contributed by atoms with E-state index in [1.54, 1.807) is 13.8 Å². The van der Waals surface area contributed by atoms with Gasteiger partial charge in [-0.25, -0.2) is 0 Å². The van der Waals surface area contributed by atoms with E-state index in [0.29, 0.717) is 19.4 Å². The normalized spacial score (nSPS) is 15.2. The molecule has 0 amide bonds. The van der Waals surface area contributed by atoms with Crippen molar-refractivity contribution in [2.24, 2.45) is 0 Å². The monoisotopic (exact) mass is 280 g/mol. The van der Waals surface area contributed by atoms with Crippen LogP contribution < -0.4 is 0 Å². The Morgan fingerprint density at radius 1 is 1.22 bits per heavy atom. The van der Waals surface area contributed by atoms with Gasteiger partial charge >= 0.3 is 13.6 Å². The second kappa shape index (κ2) is 7.93. The first-order chi connectivity index (χ1) is 8.33. The zero-order chi connectivity index (χ0) is 14.2. The molecular formula is C12H25O5P. The molecule has 0 aliphatic carbocycles. The third-order valence-electron chi connectivity index (χ3n) is 3.37. The average Bonchev–Trinajstić information content (AvgIpc) is 2.28. The Morgan fingerprint density at radius 2 is 1.83 bits per heavy atom. The molecule has 0 saturated carbocycles. The average molecular weight is 280 g/mol. The minimum absolute atomic E-state index is 0.0660. The SMILES string of the molecule is CCCCC(CC)(CCC(=O)OCC)P(=O)(O)O. The summed E-state index contributed by atoms with van der Waals surface area (Å²) < 4.78 is 16.5. The van der Waals surface area contributed by atoms with Crippen molar-refractivity contribution < 1.29 is 23.9 Å². The van der Waals surface area contributed by atoms with Crippen molar-refractivity contribution in [3.63, 3.8) is 0 Å². The second-order valence-corrected chi connectivity index (χ2v) is 6.57. The Kier molecular flexibility index (Phi) is 7.76. The van der Waals surface area contributed by atoms with Crippen LogP contribution in [0, 0.1) is 0 Å². The van der Waals surface area contributed by atoms with Gasteiger partial charge < -0.3 is 14.5 Å². The molecule has 0 aromatic rings. The lowest BCUT2D eigenvalue weighted by molar-refractivity contribution is -0.143. The van der Waals surface area contributed by atoms with Gasteiger partial charge in [0.05, 0.1) is 11.8 Å². The van der Waals surface area contributed by atoms with Gasteiger partial charge in [0.2, 0.25) is 0 Å². The zero-order valence-corrected chi connectivity index (χ0v) is 12.4. The van der Waals surface area contributed by atoms with E-state index in [2.05, 4.69) is 0 Å². The Labute approximate surface area is 109 Å². The summed E-state index contributed by atoms with van der Waals surface area (Å²) in [4.78, 5) is 30.4. The topological polar surface area (TPSA) is 83.8 Å². The van der Waals surface area contributed by atoms with Crippen LogP contribution in [0.1, 0.15) is 59.3 Å². The number of ether oxygens (including phenoxy) is 1. The van der Waals surface area contributed by atoms with Crippen LogP contribution in [0.4, 0.5) is 0 Å². The number of esters is 1. The first-order valence-corrected chi connectivity index (χ1v) is 8.15. The van der Waals surface area contributed by atoms with Crippen LogP contribution in [0.25, 0.3) is 0 Å². The maximum absolute atomic E-state index is 11.7. The Morgan fingerprint density at radius 3 is 2.22 bits per heavy atom. The quantitative estimate of drug-likeness (QED) is 0.501. The van der Waals surface area contributed by atoms with E-state index >= 15 is 0 Å². The zero-order valence-electron chi connectivity index (χ0n) is 11.5. The summed E-state index contributed by atoms with van der Waals surface area (Å²) in [6, 6.07) is 0. The maximum Gasteiger partial charge on any atom is 0.331 e. The van der Waals surface area contributed by atoms with E-state index in [9.17, 15) is 19.1 Å². The van der Waals surface area contributed by atoms with E-state index in [0.717, 1.165) is 12.8 Å². The van der Waals surface area contributed by atoms with Gasteiger partial charge in [-0.05, 0) is 26.2 Å². The molecule has 0 aliphatic heterocycles. The molecule has 0 heterocycles. The smallest absolute Gasteiger partial charge is 0.331 e. The first kappa shape index (κ1) is 17.6. The predicted molar refractivity (Wildman–Crippen MR) is 70.5 cm³/mol. The molecular weight excluding hydrogens is 255 g/mol. The lowest BCUT2D eigenvalue weighted by Crippen LogP contribution is -2.29. The van der Waals surface area contributed by atoms with Gasteiger partial charge in [0.1, 0.15) is 0 Å². The number of carbonyl (C=O) groups is 1. The van der Waals surface area contributed by atoms with Gasteiger partial charge in [0.25, 0.3) is 0 Å². The van der Waals surface area contributed by atoms with E-state index < -0.39 is 12.8 Å². The Hall–Kier alpha value is -0.380. The molecule has 0 radical (unpaired) electrons. The first-order valence-electron chi connectivity index (χ1n) is 6.54. The highest BCUT2D eigenvalue weighted by atomic mass is 31.2. The van der Waals surface area contributed by atoms with Crippen molar-refractivity contribution >= 4 is 13.6 Å². The van der Waals surface area contributed by atoms with Crippen molar-refractivity contribution in [3.8, 4) is 0 Å². The van der Waals surface area contributed by atoms with Gasteiger partial charge in [-0.3, -0.25) is 9.36 Å². The van der Waals surface area contributed by atoms with Gasteiger partial charge in [-0.1, -0.05) is 26.7 Å². The number of hydrogen-bond donors (Lipinski definition) is 2. The van der Waals surface area contributed by atoms with Crippen LogP contribution in [-0.2, 0) is 14.1 Å². The van der Waals surface area contributed by atoms with Crippen molar-refractivity contribution in [1.29, 1.82) is 0 Å². The molecule has 0 aliphatic rings.